The Morgan fingerprint density at radius 2 is 2.09 bits per heavy atom. The van der Waals surface area contributed by atoms with Crippen molar-refractivity contribution in [1.82, 2.24) is 24.6 Å². The van der Waals surface area contributed by atoms with Gasteiger partial charge in [-0.15, -0.1) is 0 Å². The van der Waals surface area contributed by atoms with Crippen LogP contribution in [0.5, 0.6) is 0 Å². The number of carbonyl (C=O) groups excluding carboxylic acids is 1. The summed E-state index contributed by atoms with van der Waals surface area (Å²) in [6.07, 6.45) is 0.592. The molecule has 2 N–H and O–H groups in total. The molecule has 1 atom stereocenters. The SMILES string of the molecule is CC(=O)N(C)c1cnc(Nc2nc(C3=CC4C(=CN3)N(C(C)C)CC4(C)C)ns2)c(C(F)(F)F)c1. The molecule has 1 amide bonds. The van der Waals surface area contributed by atoms with E-state index in [9.17, 15) is 18.0 Å². The lowest BCUT2D eigenvalue weighted by atomic mass is 9.79. The number of halogens is 3. The lowest BCUT2D eigenvalue weighted by Gasteiger charge is -2.28. The Bertz CT molecular complexity index is 1200. The first-order valence-electron chi connectivity index (χ1n) is 11.2. The van der Waals surface area contributed by atoms with E-state index < -0.39 is 23.5 Å². The van der Waals surface area contributed by atoms with E-state index in [2.05, 4.69) is 63.6 Å². The zero-order valence-electron chi connectivity index (χ0n) is 20.4. The maximum absolute atomic E-state index is 13.7. The van der Waals surface area contributed by atoms with Gasteiger partial charge >= 0.3 is 6.18 Å². The van der Waals surface area contributed by atoms with Crippen LogP contribution in [-0.2, 0) is 11.0 Å². The molecule has 12 heteroatoms. The second-order valence-corrected chi connectivity index (χ2v) is 10.4. The summed E-state index contributed by atoms with van der Waals surface area (Å²) in [5.74, 6) is -0.238. The molecule has 188 valence electrons. The molecule has 0 radical (unpaired) electrons. The number of aromatic nitrogens is 3. The topological polar surface area (TPSA) is 86.3 Å². The van der Waals surface area contributed by atoms with Crippen molar-refractivity contribution in [3.05, 3.63) is 41.6 Å². The Morgan fingerprint density at radius 1 is 1.37 bits per heavy atom. The number of nitrogens with one attached hydrogen (secondary N) is 2. The molecule has 1 unspecified atom stereocenters. The van der Waals surface area contributed by atoms with Gasteiger partial charge in [-0.05, 0) is 31.4 Å². The number of alkyl halides is 3. The molecule has 2 aliphatic rings. The molecule has 0 aliphatic carbocycles. The Morgan fingerprint density at radius 3 is 2.71 bits per heavy atom. The third kappa shape index (κ3) is 4.84. The van der Waals surface area contributed by atoms with Crippen LogP contribution in [0.25, 0.3) is 5.70 Å². The molecule has 2 aliphatic heterocycles. The molecule has 4 rings (SSSR count). The Kier molecular flexibility index (Phi) is 6.28. The monoisotopic (exact) mass is 507 g/mol. The van der Waals surface area contributed by atoms with E-state index in [0.717, 1.165) is 29.0 Å². The minimum Gasteiger partial charge on any atom is -0.370 e. The predicted molar refractivity (Wildman–Crippen MR) is 130 cm³/mol. The lowest BCUT2D eigenvalue weighted by molar-refractivity contribution is -0.137. The molecule has 0 saturated carbocycles. The average molecular weight is 508 g/mol. The quantitative estimate of drug-likeness (QED) is 0.600. The number of hydrogen-bond donors (Lipinski definition) is 2. The van der Waals surface area contributed by atoms with Crippen LogP contribution < -0.4 is 15.5 Å². The maximum atomic E-state index is 13.7. The van der Waals surface area contributed by atoms with Crippen molar-refractivity contribution in [2.24, 2.45) is 11.3 Å². The van der Waals surface area contributed by atoms with Crippen molar-refractivity contribution in [3.63, 3.8) is 0 Å². The van der Waals surface area contributed by atoms with E-state index >= 15 is 0 Å². The summed E-state index contributed by atoms with van der Waals surface area (Å²) >= 11 is 0.947. The summed E-state index contributed by atoms with van der Waals surface area (Å²) in [5, 5.41) is 6.08. The van der Waals surface area contributed by atoms with Crippen molar-refractivity contribution in [1.29, 1.82) is 0 Å². The number of dihydropyridines is 1. The number of pyridine rings is 1. The highest BCUT2D eigenvalue weighted by atomic mass is 32.1. The molecule has 1 saturated heterocycles. The number of hydrogen-bond acceptors (Lipinski definition) is 8. The van der Waals surface area contributed by atoms with Crippen molar-refractivity contribution in [2.45, 2.75) is 46.8 Å². The van der Waals surface area contributed by atoms with E-state index in [1.54, 1.807) is 0 Å². The molecule has 35 heavy (non-hydrogen) atoms. The van der Waals surface area contributed by atoms with E-state index in [1.165, 1.54) is 25.9 Å². The largest absolute Gasteiger partial charge is 0.420 e. The van der Waals surface area contributed by atoms with Gasteiger partial charge in [-0.3, -0.25) is 4.79 Å². The summed E-state index contributed by atoms with van der Waals surface area (Å²) in [6.45, 7) is 10.9. The average Bonchev–Trinajstić information content (AvgIpc) is 3.34. The second-order valence-electron chi connectivity index (χ2n) is 9.70. The third-order valence-corrected chi connectivity index (χ3v) is 6.96. The standard InChI is InChI=1S/C23H28F3N7OS/c1-12(2)33-11-22(4,5)15-8-17(27-10-18(15)33)20-30-21(35-31-20)29-19-16(23(24,25)26)7-14(9-28-19)32(6)13(3)34/h7-10,12,15,27H,11H2,1-6H3,(H,28,29,30,31). The van der Waals surface area contributed by atoms with Crippen LogP contribution in [-0.4, -0.2) is 44.8 Å². The summed E-state index contributed by atoms with van der Waals surface area (Å²) < 4.78 is 45.5. The van der Waals surface area contributed by atoms with Gasteiger partial charge in [0.15, 0.2) is 5.82 Å². The molecule has 0 aromatic carbocycles. The van der Waals surface area contributed by atoms with Crippen molar-refractivity contribution in [2.75, 3.05) is 23.8 Å². The van der Waals surface area contributed by atoms with Gasteiger partial charge < -0.3 is 20.4 Å². The van der Waals surface area contributed by atoms with Gasteiger partial charge in [0.2, 0.25) is 11.0 Å². The fourth-order valence-electron chi connectivity index (χ4n) is 4.30. The molecular weight excluding hydrogens is 479 g/mol. The number of rotatable bonds is 5. The number of amides is 1. The fourth-order valence-corrected chi connectivity index (χ4v) is 4.88. The van der Waals surface area contributed by atoms with Crippen LogP contribution in [0.3, 0.4) is 0 Å². The first-order valence-corrected chi connectivity index (χ1v) is 11.9. The van der Waals surface area contributed by atoms with Crippen molar-refractivity contribution < 1.29 is 18.0 Å². The van der Waals surface area contributed by atoms with E-state index in [0.29, 0.717) is 17.6 Å². The van der Waals surface area contributed by atoms with Gasteiger partial charge in [-0.2, -0.15) is 22.5 Å². The van der Waals surface area contributed by atoms with Gasteiger partial charge in [0.25, 0.3) is 0 Å². The first kappa shape index (κ1) is 25.0. The molecule has 0 spiro atoms. The van der Waals surface area contributed by atoms with Gasteiger partial charge in [0.05, 0.1) is 17.6 Å². The Hall–Kier alpha value is -3.15. The zero-order valence-corrected chi connectivity index (χ0v) is 21.2. The molecule has 2 aromatic heterocycles. The number of nitrogens with zero attached hydrogens (tertiary/aromatic N) is 5. The summed E-state index contributed by atoms with van der Waals surface area (Å²) in [6, 6.07) is 1.26. The van der Waals surface area contributed by atoms with Crippen molar-refractivity contribution in [3.8, 4) is 0 Å². The minimum absolute atomic E-state index is 0.0147. The Balaban J connectivity index is 1.59. The van der Waals surface area contributed by atoms with E-state index in [4.69, 9.17) is 0 Å². The predicted octanol–water partition coefficient (Wildman–Crippen LogP) is 4.83. The molecule has 4 heterocycles. The van der Waals surface area contributed by atoms with Crippen LogP contribution in [0.1, 0.15) is 46.0 Å². The van der Waals surface area contributed by atoms with Crippen molar-refractivity contribution >= 4 is 39.8 Å². The maximum Gasteiger partial charge on any atom is 0.420 e. The normalized spacial score (nSPS) is 19.1. The third-order valence-electron chi connectivity index (χ3n) is 6.33. The van der Waals surface area contributed by atoms with Gasteiger partial charge in [-0.25, -0.2) is 4.98 Å². The Labute approximate surface area is 206 Å². The summed E-state index contributed by atoms with van der Waals surface area (Å²) in [4.78, 5) is 23.4. The highest BCUT2D eigenvalue weighted by molar-refractivity contribution is 7.09. The molecule has 2 aromatic rings. The fraction of sp³-hybridized carbons (Fsp3) is 0.478. The molecule has 1 fully saturated rings. The van der Waals surface area contributed by atoms with Crippen LogP contribution >= 0.6 is 11.5 Å². The summed E-state index contributed by atoms with van der Waals surface area (Å²) in [7, 11) is 1.39. The number of allylic oxidation sites excluding steroid dienone is 1. The van der Waals surface area contributed by atoms with Gasteiger partial charge in [0, 0.05) is 55.9 Å². The van der Waals surface area contributed by atoms with E-state index in [-0.39, 0.29) is 22.2 Å². The number of anilines is 3. The van der Waals surface area contributed by atoms with Gasteiger partial charge in [0.1, 0.15) is 11.4 Å². The van der Waals surface area contributed by atoms with Crippen LogP contribution in [0.4, 0.5) is 29.8 Å². The smallest absolute Gasteiger partial charge is 0.370 e. The second kappa shape index (κ2) is 8.81. The van der Waals surface area contributed by atoms with Crippen LogP contribution in [0.15, 0.2) is 30.2 Å². The van der Waals surface area contributed by atoms with Crippen LogP contribution in [0.2, 0.25) is 0 Å². The zero-order chi connectivity index (χ0) is 25.7. The molecule has 8 nitrogen and oxygen atoms in total. The number of carbonyl (C=O) groups is 1. The number of fused-ring (bicyclic) bond motifs is 1. The summed E-state index contributed by atoms with van der Waals surface area (Å²) in [5.41, 5.74) is 0.980. The van der Waals surface area contributed by atoms with Gasteiger partial charge in [-0.1, -0.05) is 13.8 Å². The van der Waals surface area contributed by atoms with E-state index in [1.807, 2.05) is 6.20 Å². The lowest BCUT2D eigenvalue weighted by Crippen LogP contribution is -2.29. The highest BCUT2D eigenvalue weighted by Gasteiger charge is 2.44. The minimum atomic E-state index is -4.68. The number of likely N-dealkylation sites (tertiary alicyclic amines) is 1. The molecule has 0 bridgehead atoms. The van der Waals surface area contributed by atoms with Crippen LogP contribution in [0, 0.1) is 11.3 Å². The highest BCUT2D eigenvalue weighted by Crippen LogP contribution is 2.46. The molecular formula is C23H28F3N7OS. The first-order chi connectivity index (χ1) is 16.3.